The monoisotopic (exact) mass is 285 g/mol. The van der Waals surface area contributed by atoms with Crippen molar-refractivity contribution in [3.05, 3.63) is 17.9 Å². The van der Waals surface area contributed by atoms with Crippen molar-refractivity contribution in [1.82, 2.24) is 4.90 Å². The van der Waals surface area contributed by atoms with Crippen molar-refractivity contribution in [3.8, 4) is 0 Å². The summed E-state index contributed by atoms with van der Waals surface area (Å²) < 4.78 is 17.1. The van der Waals surface area contributed by atoms with Crippen molar-refractivity contribution in [1.29, 1.82) is 0 Å². The molecule has 1 amide bonds. The quantitative estimate of drug-likeness (QED) is 0.895. The van der Waals surface area contributed by atoms with Crippen LogP contribution in [0, 0.1) is 0 Å². The fraction of sp³-hybridized carbons (Fsp3) is 0.500. The highest BCUT2D eigenvalue weighted by molar-refractivity contribution is 7.86. The molecular formula is C12H15NO5S. The first-order chi connectivity index (χ1) is 9.00. The van der Waals surface area contributed by atoms with Gasteiger partial charge in [-0.15, -0.1) is 0 Å². The number of likely N-dealkylation sites (tertiary alicyclic amines) is 1. The highest BCUT2D eigenvalue weighted by Gasteiger charge is 2.29. The van der Waals surface area contributed by atoms with Gasteiger partial charge in [-0.1, -0.05) is 0 Å². The van der Waals surface area contributed by atoms with Crippen LogP contribution in [0.4, 0.5) is 0 Å². The number of carbonyl (C=O) groups is 2. The minimum absolute atomic E-state index is 0.0254. The van der Waals surface area contributed by atoms with Crippen LogP contribution in [0.1, 0.15) is 30.3 Å². The van der Waals surface area contributed by atoms with E-state index in [-0.39, 0.29) is 16.8 Å². The van der Waals surface area contributed by atoms with Gasteiger partial charge in [0, 0.05) is 13.1 Å². The Labute approximate surface area is 112 Å². The molecule has 2 heterocycles. The van der Waals surface area contributed by atoms with Crippen LogP contribution in [-0.2, 0) is 15.6 Å². The van der Waals surface area contributed by atoms with Crippen LogP contribution < -0.4 is 0 Å². The number of hydrogen-bond acceptors (Lipinski definition) is 4. The molecule has 0 saturated carbocycles. The maximum Gasteiger partial charge on any atom is 0.371 e. The molecule has 2 rings (SSSR count). The maximum atomic E-state index is 12.2. The van der Waals surface area contributed by atoms with E-state index in [1.54, 1.807) is 11.8 Å². The van der Waals surface area contributed by atoms with Crippen LogP contribution in [0.25, 0.3) is 0 Å². The van der Waals surface area contributed by atoms with Gasteiger partial charge in [0.05, 0.1) is 0 Å². The minimum atomic E-state index is -1.67. The molecule has 6 nitrogen and oxygen atoms in total. The van der Waals surface area contributed by atoms with Gasteiger partial charge in [0.2, 0.25) is 11.7 Å². The second-order valence-corrected chi connectivity index (χ2v) is 6.10. The van der Waals surface area contributed by atoms with Crippen molar-refractivity contribution >= 4 is 22.7 Å². The number of carboxylic acids is 1. The van der Waals surface area contributed by atoms with E-state index in [4.69, 9.17) is 9.52 Å². The fourth-order valence-corrected chi connectivity index (χ4v) is 3.06. The van der Waals surface area contributed by atoms with Gasteiger partial charge in [0.25, 0.3) is 0 Å². The number of furan rings is 1. The number of hydrogen-bond donors (Lipinski definition) is 1. The average Bonchev–Trinajstić information content (AvgIpc) is 3.06. The Morgan fingerprint density at radius 2 is 2.00 bits per heavy atom. The molecule has 1 aromatic rings. The van der Waals surface area contributed by atoms with Crippen LogP contribution >= 0.6 is 0 Å². The van der Waals surface area contributed by atoms with Crippen molar-refractivity contribution in [2.24, 2.45) is 0 Å². The first kappa shape index (κ1) is 13.8. The third-order valence-electron chi connectivity index (χ3n) is 3.08. The van der Waals surface area contributed by atoms with E-state index in [1.807, 2.05) is 0 Å². The summed E-state index contributed by atoms with van der Waals surface area (Å²) in [5.41, 5.74) is 0. The molecule has 0 aromatic carbocycles. The van der Waals surface area contributed by atoms with Crippen LogP contribution in [0.2, 0.25) is 0 Å². The zero-order valence-electron chi connectivity index (χ0n) is 10.5. The first-order valence-electron chi connectivity index (χ1n) is 6.03. The van der Waals surface area contributed by atoms with E-state index in [9.17, 15) is 13.8 Å². The fourth-order valence-electron chi connectivity index (χ4n) is 2.00. The van der Waals surface area contributed by atoms with Crippen LogP contribution in [0.15, 0.2) is 21.6 Å². The molecule has 19 heavy (non-hydrogen) atoms. The van der Waals surface area contributed by atoms with Gasteiger partial charge in [0.15, 0.2) is 5.09 Å². The van der Waals surface area contributed by atoms with Crippen LogP contribution in [0.3, 0.4) is 0 Å². The second-order valence-electron chi connectivity index (χ2n) is 4.40. The summed E-state index contributed by atoms with van der Waals surface area (Å²) >= 11 is 0. The van der Waals surface area contributed by atoms with Crippen molar-refractivity contribution in [2.75, 3.05) is 13.1 Å². The van der Waals surface area contributed by atoms with E-state index in [0.717, 1.165) is 12.8 Å². The summed E-state index contributed by atoms with van der Waals surface area (Å²) in [5, 5.41) is 8.03. The average molecular weight is 285 g/mol. The summed E-state index contributed by atoms with van der Waals surface area (Å²) in [5.74, 6) is -1.67. The van der Waals surface area contributed by atoms with E-state index >= 15 is 0 Å². The molecule has 7 heteroatoms. The van der Waals surface area contributed by atoms with Gasteiger partial charge >= 0.3 is 5.97 Å². The Balaban J connectivity index is 2.09. The molecule has 1 N–H and O–H groups in total. The lowest BCUT2D eigenvalue weighted by molar-refractivity contribution is -0.129. The third-order valence-corrected chi connectivity index (χ3v) is 4.54. The van der Waals surface area contributed by atoms with Crippen molar-refractivity contribution in [2.45, 2.75) is 30.1 Å². The highest BCUT2D eigenvalue weighted by Crippen LogP contribution is 2.18. The van der Waals surface area contributed by atoms with E-state index in [1.165, 1.54) is 12.1 Å². The largest absolute Gasteiger partial charge is 0.475 e. The van der Waals surface area contributed by atoms with Gasteiger partial charge in [-0.05, 0) is 31.9 Å². The molecule has 104 valence electrons. The highest BCUT2D eigenvalue weighted by atomic mass is 32.2. The zero-order valence-corrected chi connectivity index (χ0v) is 11.3. The Hall–Kier alpha value is -1.63. The summed E-state index contributed by atoms with van der Waals surface area (Å²) in [4.78, 5) is 24.4. The number of carbonyl (C=O) groups excluding carboxylic acids is 1. The van der Waals surface area contributed by atoms with Crippen LogP contribution in [-0.4, -0.2) is 44.4 Å². The Morgan fingerprint density at radius 3 is 2.53 bits per heavy atom. The molecule has 0 radical (unpaired) electrons. The lowest BCUT2D eigenvalue weighted by Gasteiger charge is -2.18. The topological polar surface area (TPSA) is 87.8 Å². The predicted octanol–water partition coefficient (Wildman–Crippen LogP) is 1.10. The van der Waals surface area contributed by atoms with E-state index in [0.29, 0.717) is 13.1 Å². The van der Waals surface area contributed by atoms with Gasteiger partial charge in [0.1, 0.15) is 16.0 Å². The summed E-state index contributed by atoms with van der Waals surface area (Å²) in [6.45, 7) is 2.96. The van der Waals surface area contributed by atoms with E-state index in [2.05, 4.69) is 0 Å². The molecule has 1 fully saturated rings. The number of carboxylic acid groups (broad SMARTS) is 1. The Morgan fingerprint density at radius 1 is 1.37 bits per heavy atom. The van der Waals surface area contributed by atoms with Gasteiger partial charge < -0.3 is 14.4 Å². The predicted molar refractivity (Wildman–Crippen MR) is 67.4 cm³/mol. The van der Waals surface area contributed by atoms with Gasteiger partial charge in [-0.2, -0.15) is 0 Å². The lowest BCUT2D eigenvalue weighted by atomic mass is 10.4. The standard InChI is InChI=1S/C12H15NO5S/c1-8(11(14)13-6-2-3-7-13)19(17)10-5-4-9(18-10)12(15)16/h4-5,8H,2-3,6-7H2,1H3,(H,15,16). The first-order valence-corrected chi connectivity index (χ1v) is 7.24. The van der Waals surface area contributed by atoms with Gasteiger partial charge in [-0.3, -0.25) is 9.00 Å². The normalized spacial score (nSPS) is 18.3. The molecular weight excluding hydrogens is 270 g/mol. The van der Waals surface area contributed by atoms with Crippen molar-refractivity contribution < 1.29 is 23.3 Å². The lowest BCUT2D eigenvalue weighted by Crippen LogP contribution is -2.37. The van der Waals surface area contributed by atoms with E-state index < -0.39 is 22.0 Å². The third kappa shape index (κ3) is 2.86. The number of nitrogens with zero attached hydrogens (tertiary/aromatic N) is 1. The van der Waals surface area contributed by atoms with Crippen molar-refractivity contribution in [3.63, 3.8) is 0 Å². The zero-order chi connectivity index (χ0) is 14.0. The maximum absolute atomic E-state index is 12.2. The molecule has 1 aliphatic rings. The minimum Gasteiger partial charge on any atom is -0.475 e. The molecule has 1 aromatic heterocycles. The Kier molecular flexibility index (Phi) is 4.04. The number of rotatable bonds is 4. The molecule has 0 aliphatic carbocycles. The molecule has 2 atom stereocenters. The summed E-state index contributed by atoms with van der Waals surface area (Å²) in [6.07, 6.45) is 1.93. The molecule has 2 unspecified atom stereocenters. The molecule has 1 saturated heterocycles. The SMILES string of the molecule is CC(C(=O)N1CCCC1)S(=O)c1ccc(C(=O)O)o1. The second kappa shape index (κ2) is 5.56. The number of amides is 1. The smallest absolute Gasteiger partial charge is 0.371 e. The summed E-state index contributed by atoms with van der Waals surface area (Å²) in [6, 6.07) is 2.58. The molecule has 1 aliphatic heterocycles. The number of aromatic carboxylic acids is 1. The Bertz CT molecular complexity index is 518. The summed E-state index contributed by atoms with van der Waals surface area (Å²) in [7, 11) is -1.67. The van der Waals surface area contributed by atoms with Crippen LogP contribution in [0.5, 0.6) is 0 Å². The molecule has 0 bridgehead atoms. The van der Waals surface area contributed by atoms with Gasteiger partial charge in [-0.25, -0.2) is 4.79 Å². The molecule has 0 spiro atoms.